The lowest BCUT2D eigenvalue weighted by atomic mass is 10.0. The Labute approximate surface area is 127 Å². The Morgan fingerprint density at radius 1 is 1.11 bits per heavy atom. The third kappa shape index (κ3) is 3.13. The van der Waals surface area contributed by atoms with Gasteiger partial charge in [0.15, 0.2) is 0 Å². The molecular weight excluding hydrogens is 324 g/mol. The minimum Gasteiger partial charge on any atom is -0.496 e. The van der Waals surface area contributed by atoms with Crippen LogP contribution in [0, 0.1) is 13.8 Å². The van der Waals surface area contributed by atoms with E-state index in [4.69, 9.17) is 16.3 Å². The summed E-state index contributed by atoms with van der Waals surface area (Å²) >= 11 is 10.1. The highest BCUT2D eigenvalue weighted by atomic mass is 79.9. The fraction of sp³-hybridized carbons (Fsp3) is 0.250. The molecule has 0 bridgehead atoms. The van der Waals surface area contributed by atoms with Gasteiger partial charge in [-0.25, -0.2) is 0 Å². The fourth-order valence-corrected chi connectivity index (χ4v) is 2.64. The van der Waals surface area contributed by atoms with Gasteiger partial charge in [-0.1, -0.05) is 45.8 Å². The smallest absolute Gasteiger partial charge is 0.124 e. The molecule has 3 heteroatoms. The maximum absolute atomic E-state index is 6.59. The molecule has 0 saturated heterocycles. The Morgan fingerprint density at radius 3 is 2.32 bits per heavy atom. The number of hydrogen-bond acceptors (Lipinski definition) is 1. The van der Waals surface area contributed by atoms with Crippen molar-refractivity contribution >= 4 is 27.5 Å². The second-order valence-electron chi connectivity index (χ2n) is 4.62. The van der Waals surface area contributed by atoms with Gasteiger partial charge in [0.05, 0.1) is 12.5 Å². The molecule has 2 aromatic carbocycles. The van der Waals surface area contributed by atoms with Crippen LogP contribution < -0.4 is 4.74 Å². The first-order chi connectivity index (χ1) is 9.02. The van der Waals surface area contributed by atoms with Crippen molar-refractivity contribution in [3.8, 4) is 5.75 Å². The Balaban J connectivity index is 2.45. The van der Waals surface area contributed by atoms with Crippen molar-refractivity contribution < 1.29 is 4.74 Å². The minimum absolute atomic E-state index is 0.215. The van der Waals surface area contributed by atoms with Crippen LogP contribution in [0.15, 0.2) is 40.9 Å². The number of alkyl halides is 1. The summed E-state index contributed by atoms with van der Waals surface area (Å²) in [5, 5.41) is -0.215. The molecule has 2 aromatic rings. The van der Waals surface area contributed by atoms with Crippen molar-refractivity contribution in [1.82, 2.24) is 0 Å². The summed E-state index contributed by atoms with van der Waals surface area (Å²) in [5.41, 5.74) is 4.41. The molecule has 0 spiro atoms. The van der Waals surface area contributed by atoms with Gasteiger partial charge in [-0.2, -0.15) is 0 Å². The van der Waals surface area contributed by atoms with Crippen molar-refractivity contribution in [2.45, 2.75) is 19.2 Å². The summed E-state index contributed by atoms with van der Waals surface area (Å²) in [4.78, 5) is 0. The molecule has 0 amide bonds. The number of aryl methyl sites for hydroxylation is 2. The number of rotatable bonds is 3. The fourth-order valence-electron chi connectivity index (χ4n) is 1.96. The Bertz CT molecular complexity index is 578. The van der Waals surface area contributed by atoms with E-state index in [2.05, 4.69) is 47.1 Å². The van der Waals surface area contributed by atoms with Gasteiger partial charge in [0.25, 0.3) is 0 Å². The zero-order valence-corrected chi connectivity index (χ0v) is 13.5. The predicted octanol–water partition coefficient (Wildman–Crippen LogP) is 5.40. The highest BCUT2D eigenvalue weighted by Crippen LogP contribution is 2.38. The number of methoxy groups -OCH3 is 1. The third-order valence-corrected chi connectivity index (χ3v) is 4.50. The van der Waals surface area contributed by atoms with Crippen molar-refractivity contribution in [3.05, 3.63) is 63.1 Å². The van der Waals surface area contributed by atoms with Gasteiger partial charge in [0, 0.05) is 10.0 Å². The average Bonchev–Trinajstić information content (AvgIpc) is 2.41. The molecule has 0 radical (unpaired) electrons. The third-order valence-electron chi connectivity index (χ3n) is 3.15. The highest BCUT2D eigenvalue weighted by Gasteiger charge is 2.17. The predicted molar refractivity (Wildman–Crippen MR) is 84.3 cm³/mol. The highest BCUT2D eigenvalue weighted by molar-refractivity contribution is 9.10. The van der Waals surface area contributed by atoms with Crippen molar-refractivity contribution in [3.63, 3.8) is 0 Å². The number of benzene rings is 2. The normalized spacial score (nSPS) is 12.3. The van der Waals surface area contributed by atoms with E-state index in [0.29, 0.717) is 0 Å². The lowest BCUT2D eigenvalue weighted by Crippen LogP contribution is -1.99. The van der Waals surface area contributed by atoms with Gasteiger partial charge in [-0.05, 0) is 37.1 Å². The van der Waals surface area contributed by atoms with E-state index in [9.17, 15) is 0 Å². The first-order valence-corrected chi connectivity index (χ1v) is 7.30. The van der Waals surface area contributed by atoms with Crippen LogP contribution in [0.5, 0.6) is 5.75 Å². The second kappa shape index (κ2) is 5.98. The molecule has 0 aliphatic rings. The van der Waals surface area contributed by atoms with Crippen LogP contribution in [0.25, 0.3) is 0 Å². The van der Waals surface area contributed by atoms with E-state index in [-0.39, 0.29) is 5.38 Å². The molecule has 2 rings (SSSR count). The van der Waals surface area contributed by atoms with E-state index in [1.54, 1.807) is 7.11 Å². The van der Waals surface area contributed by atoms with E-state index in [0.717, 1.165) is 26.9 Å². The number of halogens is 2. The van der Waals surface area contributed by atoms with Crippen LogP contribution in [-0.2, 0) is 0 Å². The zero-order chi connectivity index (χ0) is 14.0. The van der Waals surface area contributed by atoms with Crippen LogP contribution in [0.3, 0.4) is 0 Å². The van der Waals surface area contributed by atoms with Crippen LogP contribution in [0.4, 0.5) is 0 Å². The Morgan fingerprint density at radius 2 is 1.74 bits per heavy atom. The molecule has 1 nitrogen and oxygen atoms in total. The van der Waals surface area contributed by atoms with E-state index in [1.165, 1.54) is 5.56 Å². The molecule has 19 heavy (non-hydrogen) atoms. The second-order valence-corrected chi connectivity index (χ2v) is 5.91. The topological polar surface area (TPSA) is 9.23 Å². The maximum Gasteiger partial charge on any atom is 0.124 e. The molecule has 0 aliphatic carbocycles. The minimum atomic E-state index is -0.215. The van der Waals surface area contributed by atoms with Gasteiger partial charge in [0.1, 0.15) is 5.75 Å². The molecule has 1 atom stereocenters. The van der Waals surface area contributed by atoms with Gasteiger partial charge >= 0.3 is 0 Å². The monoisotopic (exact) mass is 338 g/mol. The average molecular weight is 340 g/mol. The molecular formula is C16H16BrClO. The van der Waals surface area contributed by atoms with Gasteiger partial charge in [-0.3, -0.25) is 0 Å². The van der Waals surface area contributed by atoms with E-state index in [1.807, 2.05) is 19.1 Å². The molecule has 0 aliphatic heterocycles. The lowest BCUT2D eigenvalue weighted by molar-refractivity contribution is 0.409. The first-order valence-electron chi connectivity index (χ1n) is 6.07. The SMILES string of the molecule is COc1cc(C)c(Br)cc1C(Cl)c1ccc(C)cc1. The summed E-state index contributed by atoms with van der Waals surface area (Å²) in [6.45, 7) is 4.10. The summed E-state index contributed by atoms with van der Waals surface area (Å²) in [6, 6.07) is 12.3. The van der Waals surface area contributed by atoms with Crippen LogP contribution in [0.2, 0.25) is 0 Å². The first kappa shape index (κ1) is 14.4. The number of hydrogen-bond donors (Lipinski definition) is 0. The summed E-state index contributed by atoms with van der Waals surface area (Å²) in [7, 11) is 1.67. The zero-order valence-electron chi connectivity index (χ0n) is 11.2. The van der Waals surface area contributed by atoms with Gasteiger partial charge in [-0.15, -0.1) is 11.6 Å². The molecule has 1 unspecified atom stereocenters. The standard InChI is InChI=1S/C16H16BrClO/c1-10-4-6-12(7-5-10)16(18)13-9-14(17)11(2)8-15(13)19-3/h4-9,16H,1-3H3. The van der Waals surface area contributed by atoms with Crippen molar-refractivity contribution in [1.29, 1.82) is 0 Å². The maximum atomic E-state index is 6.59. The summed E-state index contributed by atoms with van der Waals surface area (Å²) in [6.07, 6.45) is 0. The van der Waals surface area contributed by atoms with Gasteiger partial charge in [0.2, 0.25) is 0 Å². The molecule has 0 N–H and O–H groups in total. The number of ether oxygens (including phenoxy) is 1. The molecule has 0 fully saturated rings. The molecule has 0 aromatic heterocycles. The summed E-state index contributed by atoms with van der Waals surface area (Å²) < 4.78 is 6.48. The molecule has 0 heterocycles. The van der Waals surface area contributed by atoms with Crippen LogP contribution >= 0.6 is 27.5 Å². The lowest BCUT2D eigenvalue weighted by Gasteiger charge is -2.16. The Hall–Kier alpha value is -0.990. The van der Waals surface area contributed by atoms with E-state index >= 15 is 0 Å². The van der Waals surface area contributed by atoms with Crippen molar-refractivity contribution in [2.75, 3.05) is 7.11 Å². The Kier molecular flexibility index (Phi) is 4.54. The molecule has 0 saturated carbocycles. The quantitative estimate of drug-likeness (QED) is 0.680. The van der Waals surface area contributed by atoms with Crippen LogP contribution in [-0.4, -0.2) is 7.11 Å². The molecule has 100 valence electrons. The summed E-state index contributed by atoms with van der Waals surface area (Å²) in [5.74, 6) is 0.821. The van der Waals surface area contributed by atoms with E-state index < -0.39 is 0 Å². The van der Waals surface area contributed by atoms with Gasteiger partial charge < -0.3 is 4.74 Å². The van der Waals surface area contributed by atoms with Crippen LogP contribution in [0.1, 0.15) is 27.6 Å². The van der Waals surface area contributed by atoms with Crippen molar-refractivity contribution in [2.24, 2.45) is 0 Å². The largest absolute Gasteiger partial charge is 0.496 e.